The first-order chi connectivity index (χ1) is 9.36. The van der Waals surface area contributed by atoms with Crippen molar-refractivity contribution in [2.45, 2.75) is 25.5 Å². The third-order valence-electron chi connectivity index (χ3n) is 3.79. The molecule has 0 aliphatic heterocycles. The van der Waals surface area contributed by atoms with Crippen molar-refractivity contribution in [3.63, 3.8) is 0 Å². The molecule has 2 aromatic carbocycles. The standard InChI is InChI=1S/C17H19NO/c1-18-17-10-8-14-7-9-15(11-16(14)17)19-12-13-5-3-2-4-6-13/h2-7,9,11,17-18H,8,10,12H2,1H3. The van der Waals surface area contributed by atoms with E-state index in [1.165, 1.54) is 29.5 Å². The molecule has 98 valence electrons. The molecule has 0 heterocycles. The van der Waals surface area contributed by atoms with Gasteiger partial charge in [0.05, 0.1) is 0 Å². The lowest BCUT2D eigenvalue weighted by Crippen LogP contribution is -2.12. The fraction of sp³-hybridized carbons (Fsp3) is 0.294. The minimum absolute atomic E-state index is 0.482. The average Bonchev–Trinajstić information content (AvgIpc) is 2.88. The van der Waals surface area contributed by atoms with E-state index in [4.69, 9.17) is 4.74 Å². The van der Waals surface area contributed by atoms with Gasteiger partial charge in [-0.1, -0.05) is 36.4 Å². The van der Waals surface area contributed by atoms with Crippen molar-refractivity contribution >= 4 is 0 Å². The van der Waals surface area contributed by atoms with E-state index in [1.54, 1.807) is 0 Å². The quantitative estimate of drug-likeness (QED) is 0.900. The Balaban J connectivity index is 1.72. The van der Waals surface area contributed by atoms with Gasteiger partial charge in [0.15, 0.2) is 0 Å². The highest BCUT2D eigenvalue weighted by molar-refractivity contribution is 5.40. The summed E-state index contributed by atoms with van der Waals surface area (Å²) >= 11 is 0. The highest BCUT2D eigenvalue weighted by atomic mass is 16.5. The van der Waals surface area contributed by atoms with Crippen molar-refractivity contribution in [2.24, 2.45) is 0 Å². The van der Waals surface area contributed by atoms with E-state index in [9.17, 15) is 0 Å². The summed E-state index contributed by atoms with van der Waals surface area (Å²) in [4.78, 5) is 0. The van der Waals surface area contributed by atoms with Crippen LogP contribution in [0.25, 0.3) is 0 Å². The van der Waals surface area contributed by atoms with Gasteiger partial charge in [0.25, 0.3) is 0 Å². The van der Waals surface area contributed by atoms with Gasteiger partial charge in [-0.3, -0.25) is 0 Å². The second-order valence-electron chi connectivity index (χ2n) is 5.01. The summed E-state index contributed by atoms with van der Waals surface area (Å²) in [5.74, 6) is 0.963. The fourth-order valence-electron chi connectivity index (χ4n) is 2.71. The molecule has 0 aromatic heterocycles. The minimum Gasteiger partial charge on any atom is -0.489 e. The van der Waals surface area contributed by atoms with Crippen LogP contribution in [-0.2, 0) is 13.0 Å². The average molecular weight is 253 g/mol. The van der Waals surface area contributed by atoms with Crippen molar-refractivity contribution in [3.05, 3.63) is 65.2 Å². The van der Waals surface area contributed by atoms with Gasteiger partial charge in [0, 0.05) is 6.04 Å². The van der Waals surface area contributed by atoms with E-state index < -0.39 is 0 Å². The van der Waals surface area contributed by atoms with E-state index >= 15 is 0 Å². The first kappa shape index (κ1) is 12.2. The molecule has 1 N–H and O–H groups in total. The summed E-state index contributed by atoms with van der Waals surface area (Å²) in [5.41, 5.74) is 4.05. The van der Waals surface area contributed by atoms with Crippen molar-refractivity contribution in [3.8, 4) is 5.75 Å². The van der Waals surface area contributed by atoms with Crippen LogP contribution in [0.15, 0.2) is 48.5 Å². The number of rotatable bonds is 4. The predicted octanol–water partition coefficient (Wildman–Crippen LogP) is 3.47. The number of hydrogen-bond acceptors (Lipinski definition) is 2. The van der Waals surface area contributed by atoms with Crippen LogP contribution in [-0.4, -0.2) is 7.05 Å². The molecule has 0 fully saturated rings. The molecular weight excluding hydrogens is 234 g/mol. The third-order valence-corrected chi connectivity index (χ3v) is 3.79. The van der Waals surface area contributed by atoms with Crippen LogP contribution in [0.3, 0.4) is 0 Å². The Labute approximate surface area is 114 Å². The van der Waals surface area contributed by atoms with Crippen LogP contribution in [0, 0.1) is 0 Å². The Bertz CT molecular complexity index is 550. The smallest absolute Gasteiger partial charge is 0.120 e. The van der Waals surface area contributed by atoms with E-state index in [-0.39, 0.29) is 0 Å². The SMILES string of the molecule is CNC1CCc2ccc(OCc3ccccc3)cc21. The Morgan fingerprint density at radius 3 is 2.79 bits per heavy atom. The van der Waals surface area contributed by atoms with Crippen LogP contribution in [0.2, 0.25) is 0 Å². The molecule has 1 unspecified atom stereocenters. The monoisotopic (exact) mass is 253 g/mol. The first-order valence-electron chi connectivity index (χ1n) is 6.83. The molecule has 19 heavy (non-hydrogen) atoms. The van der Waals surface area contributed by atoms with Crippen molar-refractivity contribution in [1.29, 1.82) is 0 Å². The van der Waals surface area contributed by atoms with Crippen LogP contribution >= 0.6 is 0 Å². The highest BCUT2D eigenvalue weighted by Gasteiger charge is 2.21. The second-order valence-corrected chi connectivity index (χ2v) is 5.01. The zero-order valence-corrected chi connectivity index (χ0v) is 11.2. The van der Waals surface area contributed by atoms with E-state index in [0.717, 1.165) is 5.75 Å². The number of ether oxygens (including phenoxy) is 1. The molecule has 2 aromatic rings. The highest BCUT2D eigenvalue weighted by Crippen LogP contribution is 2.33. The predicted molar refractivity (Wildman–Crippen MR) is 77.3 cm³/mol. The Morgan fingerprint density at radius 2 is 2.00 bits per heavy atom. The molecule has 1 atom stereocenters. The number of hydrogen-bond donors (Lipinski definition) is 1. The van der Waals surface area contributed by atoms with Gasteiger partial charge in [0.1, 0.15) is 12.4 Å². The lowest BCUT2D eigenvalue weighted by Gasteiger charge is -2.12. The Morgan fingerprint density at radius 1 is 1.16 bits per heavy atom. The maximum absolute atomic E-state index is 5.88. The van der Waals surface area contributed by atoms with E-state index in [0.29, 0.717) is 12.6 Å². The molecule has 2 nitrogen and oxygen atoms in total. The summed E-state index contributed by atoms with van der Waals surface area (Å²) < 4.78 is 5.88. The van der Waals surface area contributed by atoms with E-state index in [2.05, 4.69) is 35.6 Å². The molecule has 0 saturated carbocycles. The van der Waals surface area contributed by atoms with Gasteiger partial charge >= 0.3 is 0 Å². The number of fused-ring (bicyclic) bond motifs is 1. The van der Waals surface area contributed by atoms with Gasteiger partial charge < -0.3 is 10.1 Å². The second kappa shape index (κ2) is 5.45. The van der Waals surface area contributed by atoms with E-state index in [1.807, 2.05) is 25.2 Å². The topological polar surface area (TPSA) is 21.3 Å². The molecule has 2 heteroatoms. The largest absolute Gasteiger partial charge is 0.489 e. The molecular formula is C17H19NO. The summed E-state index contributed by atoms with van der Waals surface area (Å²) in [5, 5.41) is 3.37. The normalized spacial score (nSPS) is 17.2. The van der Waals surface area contributed by atoms with Crippen LogP contribution < -0.4 is 10.1 Å². The Hall–Kier alpha value is -1.80. The minimum atomic E-state index is 0.482. The maximum atomic E-state index is 5.88. The van der Waals surface area contributed by atoms with Crippen molar-refractivity contribution in [2.75, 3.05) is 7.05 Å². The zero-order valence-electron chi connectivity index (χ0n) is 11.2. The molecule has 0 amide bonds. The summed E-state index contributed by atoms with van der Waals surface area (Å²) in [6.45, 7) is 0.629. The molecule has 0 radical (unpaired) electrons. The van der Waals surface area contributed by atoms with Crippen LogP contribution in [0.5, 0.6) is 5.75 Å². The molecule has 0 spiro atoms. The fourth-order valence-corrected chi connectivity index (χ4v) is 2.71. The molecule has 1 aliphatic rings. The molecule has 0 saturated heterocycles. The summed E-state index contributed by atoms with van der Waals surface area (Å²) in [6, 6.07) is 17.2. The van der Waals surface area contributed by atoms with Gasteiger partial charge in [-0.15, -0.1) is 0 Å². The summed E-state index contributed by atoms with van der Waals surface area (Å²) in [6.07, 6.45) is 2.35. The Kier molecular flexibility index (Phi) is 3.51. The van der Waals surface area contributed by atoms with Gasteiger partial charge in [-0.2, -0.15) is 0 Å². The summed E-state index contributed by atoms with van der Waals surface area (Å²) in [7, 11) is 2.03. The van der Waals surface area contributed by atoms with Crippen LogP contribution in [0.1, 0.15) is 29.2 Å². The first-order valence-corrected chi connectivity index (χ1v) is 6.83. The van der Waals surface area contributed by atoms with Crippen LogP contribution in [0.4, 0.5) is 0 Å². The number of nitrogens with one attached hydrogen (secondary N) is 1. The lowest BCUT2D eigenvalue weighted by atomic mass is 10.1. The van der Waals surface area contributed by atoms with Crippen molar-refractivity contribution < 1.29 is 4.74 Å². The third kappa shape index (κ3) is 2.64. The number of benzene rings is 2. The number of aryl methyl sites for hydroxylation is 1. The van der Waals surface area contributed by atoms with Gasteiger partial charge in [-0.05, 0) is 48.7 Å². The molecule has 0 bridgehead atoms. The molecule has 3 rings (SSSR count). The maximum Gasteiger partial charge on any atom is 0.120 e. The van der Waals surface area contributed by atoms with Crippen molar-refractivity contribution in [1.82, 2.24) is 5.32 Å². The lowest BCUT2D eigenvalue weighted by molar-refractivity contribution is 0.305. The van der Waals surface area contributed by atoms with Gasteiger partial charge in [0.2, 0.25) is 0 Å². The zero-order chi connectivity index (χ0) is 13.1. The van der Waals surface area contributed by atoms with Gasteiger partial charge in [-0.25, -0.2) is 0 Å². The molecule has 1 aliphatic carbocycles.